The molecule has 0 aromatic heterocycles. The van der Waals surface area contributed by atoms with Crippen molar-refractivity contribution in [3.63, 3.8) is 0 Å². The maximum absolute atomic E-state index is 3.15. The fraction of sp³-hybridized carbons (Fsp3) is 0.250. The van der Waals surface area contributed by atoms with Crippen LogP contribution in [0.15, 0.2) is 30.3 Å². The molecule has 56 valence electrons. The number of alkyl halides is 1. The molecule has 0 heterocycles. The molecular weight excluding hydrogens is 207 g/mol. The van der Waals surface area contributed by atoms with E-state index in [1.54, 1.807) is 0 Å². The molecule has 2 heteroatoms. The van der Waals surface area contributed by atoms with Crippen molar-refractivity contribution < 1.29 is 0 Å². The van der Waals surface area contributed by atoms with Gasteiger partial charge in [0.25, 0.3) is 0 Å². The van der Waals surface area contributed by atoms with Crippen molar-refractivity contribution in [3.05, 3.63) is 30.3 Å². The second kappa shape index (κ2) is 7.24. The number of rotatable bonds is 0. The third kappa shape index (κ3) is 6.25. The summed E-state index contributed by atoms with van der Waals surface area (Å²) in [6.07, 6.45) is 0. The largest absolute Gasteiger partial charge is 0.106 e. The summed E-state index contributed by atoms with van der Waals surface area (Å²) in [6.45, 7) is 2.04. The first-order chi connectivity index (χ1) is 4.81. The van der Waals surface area contributed by atoms with Gasteiger partial charge in [-0.15, -0.1) is 9.24 Å². The van der Waals surface area contributed by atoms with E-state index in [-0.39, 0.29) is 0 Å². The van der Waals surface area contributed by atoms with Crippen molar-refractivity contribution in [1.29, 1.82) is 0 Å². The molecule has 0 N–H and O–H groups in total. The lowest BCUT2D eigenvalue weighted by molar-refractivity contribution is 1.56. The van der Waals surface area contributed by atoms with Crippen LogP contribution in [-0.4, -0.2) is 5.33 Å². The molecule has 1 atom stereocenters. The van der Waals surface area contributed by atoms with Gasteiger partial charge in [-0.1, -0.05) is 53.2 Å². The van der Waals surface area contributed by atoms with Gasteiger partial charge in [-0.25, -0.2) is 0 Å². The van der Waals surface area contributed by atoms with Crippen LogP contribution in [0.3, 0.4) is 0 Å². The second-order valence-electron chi connectivity index (χ2n) is 1.68. The predicted molar refractivity (Wildman–Crippen MR) is 55.3 cm³/mol. The van der Waals surface area contributed by atoms with Crippen LogP contribution in [0.2, 0.25) is 0 Å². The Morgan fingerprint density at radius 2 is 1.70 bits per heavy atom. The Kier molecular flexibility index (Phi) is 7.33. The summed E-state index contributed by atoms with van der Waals surface area (Å²) in [5.41, 5.74) is 0. The van der Waals surface area contributed by atoms with E-state index in [0.717, 1.165) is 5.33 Å². The molecule has 0 aliphatic heterocycles. The third-order valence-electron chi connectivity index (χ3n) is 0.800. The Hall–Kier alpha value is 0.130. The van der Waals surface area contributed by atoms with E-state index >= 15 is 0 Å². The lowest BCUT2D eigenvalue weighted by atomic mass is 10.4. The Bertz CT molecular complexity index is 151. The molecule has 0 saturated carbocycles. The summed E-state index contributed by atoms with van der Waals surface area (Å²) in [6, 6.07) is 10.1. The van der Waals surface area contributed by atoms with E-state index < -0.39 is 0 Å². The molecule has 0 aliphatic rings. The van der Waals surface area contributed by atoms with Gasteiger partial charge in [-0.3, -0.25) is 0 Å². The van der Waals surface area contributed by atoms with Crippen LogP contribution in [0.25, 0.3) is 0 Å². The Morgan fingerprint density at radius 1 is 1.30 bits per heavy atom. The highest BCUT2D eigenvalue weighted by molar-refractivity contribution is 9.09. The highest BCUT2D eigenvalue weighted by Gasteiger charge is 1.72. The van der Waals surface area contributed by atoms with Crippen LogP contribution < -0.4 is 5.30 Å². The Balaban J connectivity index is 0.000000236. The predicted octanol–water partition coefficient (Wildman–Crippen LogP) is 2.59. The minimum atomic E-state index is 1.06. The number of halogens is 1. The Labute approximate surface area is 73.4 Å². The van der Waals surface area contributed by atoms with Gasteiger partial charge in [0.05, 0.1) is 0 Å². The molecule has 0 amide bonds. The number of benzene rings is 1. The van der Waals surface area contributed by atoms with Gasteiger partial charge in [0.15, 0.2) is 0 Å². The standard InChI is InChI=1S/C6H7P.C2H5Br/c7-6-4-2-1-3-5-6;1-2-3/h1-5H,7H2;2H2,1H3. The molecule has 0 spiro atoms. The molecule has 1 aromatic rings. The first-order valence-corrected chi connectivity index (χ1v) is 4.87. The molecule has 10 heavy (non-hydrogen) atoms. The van der Waals surface area contributed by atoms with Crippen LogP contribution >= 0.6 is 25.2 Å². The number of hydrogen-bond donors (Lipinski definition) is 0. The van der Waals surface area contributed by atoms with Crippen molar-refractivity contribution in [2.75, 3.05) is 5.33 Å². The van der Waals surface area contributed by atoms with Crippen LogP contribution in [0.1, 0.15) is 6.92 Å². The van der Waals surface area contributed by atoms with E-state index in [1.807, 2.05) is 37.3 Å². The summed E-state index contributed by atoms with van der Waals surface area (Å²) in [5, 5.41) is 2.30. The molecule has 0 aliphatic carbocycles. The van der Waals surface area contributed by atoms with Crippen LogP contribution in [0, 0.1) is 0 Å². The fourth-order valence-electron chi connectivity index (χ4n) is 0.453. The van der Waals surface area contributed by atoms with E-state index in [0.29, 0.717) is 0 Å². The lowest BCUT2D eigenvalue weighted by Crippen LogP contribution is -1.82. The molecule has 1 unspecified atom stereocenters. The van der Waals surface area contributed by atoms with Gasteiger partial charge in [0, 0.05) is 5.33 Å². The molecule has 0 bridgehead atoms. The van der Waals surface area contributed by atoms with Crippen molar-refractivity contribution in [2.24, 2.45) is 0 Å². The SMILES string of the molecule is CCBr.Pc1ccccc1. The van der Waals surface area contributed by atoms with Gasteiger partial charge in [-0.05, 0) is 5.30 Å². The van der Waals surface area contributed by atoms with Crippen LogP contribution in [0.5, 0.6) is 0 Å². The summed E-state index contributed by atoms with van der Waals surface area (Å²) >= 11 is 3.15. The van der Waals surface area contributed by atoms with E-state index in [1.165, 1.54) is 5.30 Å². The van der Waals surface area contributed by atoms with E-state index in [2.05, 4.69) is 25.2 Å². The molecule has 0 radical (unpaired) electrons. The van der Waals surface area contributed by atoms with Gasteiger partial charge < -0.3 is 0 Å². The third-order valence-corrected chi connectivity index (χ3v) is 1.18. The smallest absolute Gasteiger partial charge is 0.000281 e. The van der Waals surface area contributed by atoms with E-state index in [4.69, 9.17) is 0 Å². The Morgan fingerprint density at radius 3 is 1.90 bits per heavy atom. The monoisotopic (exact) mass is 218 g/mol. The maximum Gasteiger partial charge on any atom is 0.000281 e. The van der Waals surface area contributed by atoms with Gasteiger partial charge >= 0.3 is 0 Å². The lowest BCUT2D eigenvalue weighted by Gasteiger charge is -1.82. The van der Waals surface area contributed by atoms with Crippen molar-refractivity contribution in [1.82, 2.24) is 0 Å². The van der Waals surface area contributed by atoms with Gasteiger partial charge in [-0.2, -0.15) is 0 Å². The zero-order valence-electron chi connectivity index (χ0n) is 6.05. The summed E-state index contributed by atoms with van der Waals surface area (Å²) < 4.78 is 0. The molecule has 0 nitrogen and oxygen atoms in total. The van der Waals surface area contributed by atoms with Crippen LogP contribution in [0.4, 0.5) is 0 Å². The maximum atomic E-state index is 3.15. The molecule has 0 fully saturated rings. The highest BCUT2D eigenvalue weighted by atomic mass is 79.9. The fourth-order valence-corrected chi connectivity index (χ4v) is 0.675. The second-order valence-corrected chi connectivity index (χ2v) is 3.47. The molecular formula is C8H12BrP. The zero-order valence-corrected chi connectivity index (χ0v) is 8.79. The van der Waals surface area contributed by atoms with Crippen molar-refractivity contribution in [2.45, 2.75) is 6.92 Å². The summed E-state index contributed by atoms with van der Waals surface area (Å²) in [5.74, 6) is 0. The van der Waals surface area contributed by atoms with E-state index in [9.17, 15) is 0 Å². The first-order valence-electron chi connectivity index (χ1n) is 3.17. The van der Waals surface area contributed by atoms with Gasteiger partial charge in [0.1, 0.15) is 0 Å². The molecule has 0 saturated heterocycles. The van der Waals surface area contributed by atoms with Gasteiger partial charge in [0.2, 0.25) is 0 Å². The quantitative estimate of drug-likeness (QED) is 0.464. The average molecular weight is 219 g/mol. The minimum Gasteiger partial charge on any atom is -0.106 e. The first kappa shape index (κ1) is 10.1. The number of hydrogen-bond acceptors (Lipinski definition) is 0. The van der Waals surface area contributed by atoms with Crippen molar-refractivity contribution in [3.8, 4) is 0 Å². The molecule has 1 aromatic carbocycles. The summed E-state index contributed by atoms with van der Waals surface area (Å²) in [7, 11) is 2.63. The average Bonchev–Trinajstić information content (AvgIpc) is 1.91. The van der Waals surface area contributed by atoms with Crippen molar-refractivity contribution >= 4 is 30.5 Å². The normalized spacial score (nSPS) is 7.90. The summed E-state index contributed by atoms with van der Waals surface area (Å²) in [4.78, 5) is 0. The topological polar surface area (TPSA) is 0 Å². The molecule has 1 rings (SSSR count). The zero-order chi connectivity index (χ0) is 7.82. The highest BCUT2D eigenvalue weighted by Crippen LogP contribution is 1.86. The minimum absolute atomic E-state index is 1.06. The van der Waals surface area contributed by atoms with Crippen LogP contribution in [-0.2, 0) is 0 Å².